The molecule has 146 valence electrons. The van der Waals surface area contributed by atoms with Gasteiger partial charge in [-0.1, -0.05) is 47.6 Å². The molecule has 1 saturated heterocycles. The SMILES string of the molecule is O=C1NC(=NN=Cc2ccc(-c3ccccc3F)o2)SC1Cc1ccc(Cl)cc1. The molecular weight excluding hydrogens is 413 g/mol. The van der Waals surface area contributed by atoms with Crippen molar-refractivity contribution in [1.29, 1.82) is 0 Å². The minimum atomic E-state index is -0.359. The van der Waals surface area contributed by atoms with Gasteiger partial charge in [-0.3, -0.25) is 4.79 Å². The number of carbonyl (C=O) groups excluding carboxylic acids is 1. The molecule has 1 fully saturated rings. The highest BCUT2D eigenvalue weighted by atomic mass is 35.5. The van der Waals surface area contributed by atoms with Crippen LogP contribution in [0.3, 0.4) is 0 Å². The van der Waals surface area contributed by atoms with Gasteiger partial charge in [-0.15, -0.1) is 5.10 Å². The van der Waals surface area contributed by atoms with Gasteiger partial charge in [-0.05, 0) is 48.4 Å². The van der Waals surface area contributed by atoms with Crippen LogP contribution >= 0.6 is 23.4 Å². The van der Waals surface area contributed by atoms with Crippen molar-refractivity contribution in [2.75, 3.05) is 0 Å². The van der Waals surface area contributed by atoms with Crippen LogP contribution in [0.1, 0.15) is 11.3 Å². The maximum absolute atomic E-state index is 13.8. The molecule has 1 amide bonds. The molecule has 0 spiro atoms. The topological polar surface area (TPSA) is 67.0 Å². The molecule has 2 heterocycles. The summed E-state index contributed by atoms with van der Waals surface area (Å²) in [5, 5.41) is 11.5. The van der Waals surface area contributed by atoms with Gasteiger partial charge in [0.25, 0.3) is 0 Å². The smallest absolute Gasteiger partial charge is 0.239 e. The molecule has 1 unspecified atom stereocenters. The van der Waals surface area contributed by atoms with Gasteiger partial charge >= 0.3 is 0 Å². The summed E-state index contributed by atoms with van der Waals surface area (Å²) in [6, 6.07) is 17.1. The molecule has 1 aromatic heterocycles. The third-order valence-corrected chi connectivity index (χ3v) is 5.53. The van der Waals surface area contributed by atoms with Gasteiger partial charge in [0, 0.05) is 5.02 Å². The van der Waals surface area contributed by atoms with E-state index in [1.54, 1.807) is 42.5 Å². The van der Waals surface area contributed by atoms with Crippen molar-refractivity contribution in [2.45, 2.75) is 11.7 Å². The van der Waals surface area contributed by atoms with Crippen LogP contribution in [0, 0.1) is 5.82 Å². The fourth-order valence-corrected chi connectivity index (χ4v) is 3.88. The molecule has 1 aliphatic rings. The average molecular weight is 428 g/mol. The summed E-state index contributed by atoms with van der Waals surface area (Å²) in [5.41, 5.74) is 1.39. The highest BCUT2D eigenvalue weighted by Crippen LogP contribution is 2.25. The number of hydrogen-bond donors (Lipinski definition) is 1. The Hall–Kier alpha value is -2.90. The molecule has 0 radical (unpaired) electrons. The average Bonchev–Trinajstić information content (AvgIpc) is 3.31. The number of nitrogens with one attached hydrogen (secondary N) is 1. The predicted octanol–water partition coefficient (Wildman–Crippen LogP) is 4.90. The summed E-state index contributed by atoms with van der Waals surface area (Å²) in [5.74, 6) is 0.365. The van der Waals surface area contributed by atoms with Gasteiger partial charge in [0.2, 0.25) is 5.91 Å². The fraction of sp³-hybridized carbons (Fsp3) is 0.0952. The second-order valence-electron chi connectivity index (χ2n) is 6.26. The molecule has 1 N–H and O–H groups in total. The van der Waals surface area contributed by atoms with E-state index in [4.69, 9.17) is 16.0 Å². The van der Waals surface area contributed by atoms with Crippen LogP contribution in [0.15, 0.2) is 75.3 Å². The molecule has 3 aromatic rings. The largest absolute Gasteiger partial charge is 0.455 e. The van der Waals surface area contributed by atoms with Crippen LogP contribution in [0.5, 0.6) is 0 Å². The minimum absolute atomic E-state index is 0.112. The van der Waals surface area contributed by atoms with E-state index in [1.807, 2.05) is 12.1 Å². The van der Waals surface area contributed by atoms with E-state index in [0.29, 0.717) is 33.7 Å². The monoisotopic (exact) mass is 427 g/mol. The van der Waals surface area contributed by atoms with E-state index in [1.165, 1.54) is 24.0 Å². The van der Waals surface area contributed by atoms with Crippen molar-refractivity contribution in [2.24, 2.45) is 10.2 Å². The quantitative estimate of drug-likeness (QED) is 0.465. The second kappa shape index (κ2) is 8.63. The van der Waals surface area contributed by atoms with E-state index in [0.717, 1.165) is 5.56 Å². The van der Waals surface area contributed by atoms with Gasteiger partial charge < -0.3 is 9.73 Å². The van der Waals surface area contributed by atoms with Crippen molar-refractivity contribution >= 4 is 40.7 Å². The fourth-order valence-electron chi connectivity index (χ4n) is 2.79. The molecule has 1 aliphatic heterocycles. The zero-order valence-corrected chi connectivity index (χ0v) is 16.6. The van der Waals surface area contributed by atoms with Crippen molar-refractivity contribution < 1.29 is 13.6 Å². The van der Waals surface area contributed by atoms with E-state index in [2.05, 4.69) is 15.5 Å². The van der Waals surface area contributed by atoms with Crippen LogP contribution in [0.25, 0.3) is 11.3 Å². The van der Waals surface area contributed by atoms with E-state index in [-0.39, 0.29) is 17.0 Å². The highest BCUT2D eigenvalue weighted by molar-refractivity contribution is 8.15. The van der Waals surface area contributed by atoms with Crippen LogP contribution < -0.4 is 5.32 Å². The number of furan rings is 1. The van der Waals surface area contributed by atoms with Crippen molar-refractivity contribution in [3.8, 4) is 11.3 Å². The van der Waals surface area contributed by atoms with Crippen LogP contribution in [0.2, 0.25) is 5.02 Å². The van der Waals surface area contributed by atoms with Crippen LogP contribution in [0.4, 0.5) is 4.39 Å². The van der Waals surface area contributed by atoms with Gasteiger partial charge in [-0.25, -0.2) is 4.39 Å². The zero-order valence-electron chi connectivity index (χ0n) is 15.0. The Morgan fingerprint density at radius 2 is 1.93 bits per heavy atom. The summed E-state index contributed by atoms with van der Waals surface area (Å²) in [6.45, 7) is 0. The predicted molar refractivity (Wildman–Crippen MR) is 114 cm³/mol. The molecule has 4 rings (SSSR count). The number of benzene rings is 2. The first kappa shape index (κ1) is 19.4. The van der Waals surface area contributed by atoms with Gasteiger partial charge in [-0.2, -0.15) is 5.10 Å². The maximum Gasteiger partial charge on any atom is 0.239 e. The van der Waals surface area contributed by atoms with Gasteiger partial charge in [0.1, 0.15) is 17.3 Å². The number of amides is 1. The zero-order chi connectivity index (χ0) is 20.2. The Morgan fingerprint density at radius 3 is 2.72 bits per heavy atom. The Morgan fingerprint density at radius 1 is 1.14 bits per heavy atom. The van der Waals surface area contributed by atoms with Crippen LogP contribution in [-0.4, -0.2) is 22.5 Å². The lowest BCUT2D eigenvalue weighted by atomic mass is 10.1. The third-order valence-electron chi connectivity index (χ3n) is 4.21. The Bertz CT molecular complexity index is 1100. The summed E-state index contributed by atoms with van der Waals surface area (Å²) >= 11 is 7.21. The third kappa shape index (κ3) is 4.75. The van der Waals surface area contributed by atoms with E-state index >= 15 is 0 Å². The minimum Gasteiger partial charge on any atom is -0.455 e. The Labute approximate surface area is 175 Å². The number of rotatable bonds is 5. The summed E-state index contributed by atoms with van der Waals surface area (Å²) in [4.78, 5) is 12.1. The van der Waals surface area contributed by atoms with E-state index < -0.39 is 0 Å². The Balaban J connectivity index is 1.39. The first-order valence-electron chi connectivity index (χ1n) is 8.76. The summed E-state index contributed by atoms with van der Waals surface area (Å²) < 4.78 is 19.4. The number of carbonyl (C=O) groups is 1. The molecule has 29 heavy (non-hydrogen) atoms. The number of amidine groups is 1. The molecule has 0 bridgehead atoms. The standard InChI is InChI=1S/C21H15ClFN3O2S/c22-14-7-5-13(6-8-14)11-19-20(27)25-21(29-19)26-24-12-15-9-10-18(28-15)16-3-1-2-4-17(16)23/h1-10,12,19H,11H2,(H,25,26,27). The lowest BCUT2D eigenvalue weighted by Gasteiger charge is -2.05. The highest BCUT2D eigenvalue weighted by Gasteiger charge is 2.30. The Kier molecular flexibility index (Phi) is 5.78. The normalized spacial score (nSPS) is 17.9. The molecule has 1 atom stereocenters. The summed E-state index contributed by atoms with van der Waals surface area (Å²) in [7, 11) is 0. The first-order chi connectivity index (χ1) is 14.1. The number of hydrogen-bond acceptors (Lipinski definition) is 5. The molecule has 8 heteroatoms. The summed E-state index contributed by atoms with van der Waals surface area (Å²) in [6.07, 6.45) is 1.98. The lowest BCUT2D eigenvalue weighted by molar-refractivity contribution is -0.118. The molecule has 0 aliphatic carbocycles. The number of nitrogens with zero attached hydrogens (tertiary/aromatic N) is 2. The van der Waals surface area contributed by atoms with Crippen molar-refractivity contribution in [3.05, 3.63) is 82.8 Å². The molecular formula is C21H15ClFN3O2S. The van der Waals surface area contributed by atoms with Gasteiger partial charge in [0.15, 0.2) is 5.17 Å². The first-order valence-corrected chi connectivity index (χ1v) is 10.0. The van der Waals surface area contributed by atoms with Crippen LogP contribution in [-0.2, 0) is 11.2 Å². The molecule has 2 aromatic carbocycles. The van der Waals surface area contributed by atoms with E-state index in [9.17, 15) is 9.18 Å². The van der Waals surface area contributed by atoms with Gasteiger partial charge in [0.05, 0.1) is 17.0 Å². The maximum atomic E-state index is 13.8. The second-order valence-corrected chi connectivity index (χ2v) is 7.89. The van der Waals surface area contributed by atoms with Crippen molar-refractivity contribution in [3.63, 3.8) is 0 Å². The number of halogens is 2. The lowest BCUT2D eigenvalue weighted by Crippen LogP contribution is -2.25. The number of thioether (sulfide) groups is 1. The molecule has 0 saturated carbocycles. The molecule has 5 nitrogen and oxygen atoms in total. The van der Waals surface area contributed by atoms with Crippen molar-refractivity contribution in [1.82, 2.24) is 5.32 Å².